The molecule has 0 saturated heterocycles. The van der Waals surface area contributed by atoms with E-state index in [4.69, 9.17) is 27.6 Å². The van der Waals surface area contributed by atoms with Gasteiger partial charge in [0.05, 0.1) is 21.8 Å². The van der Waals surface area contributed by atoms with Gasteiger partial charge < -0.3 is 4.42 Å². The number of rotatable bonds is 4. The molecule has 3 rings (SSSR count). The van der Waals surface area contributed by atoms with Gasteiger partial charge in [0.15, 0.2) is 0 Å². The molecule has 1 heterocycles. The van der Waals surface area contributed by atoms with Crippen LogP contribution >= 0.6 is 23.2 Å². The fraction of sp³-hybridized carbons (Fsp3) is 0.0526. The molecule has 28 heavy (non-hydrogen) atoms. The molecule has 0 aliphatic heterocycles. The van der Waals surface area contributed by atoms with E-state index in [-0.39, 0.29) is 5.56 Å². The van der Waals surface area contributed by atoms with Crippen LogP contribution in [-0.2, 0) is 6.18 Å². The quantitative estimate of drug-likeness (QED) is 0.408. The lowest BCUT2D eigenvalue weighted by Crippen LogP contribution is -2.18. The SMILES string of the molecule is O=C(N/N=C/c1ccc(-c2cccc(Cl)c2Cl)o1)c1cccc(C(F)(F)F)c1. The fourth-order valence-electron chi connectivity index (χ4n) is 2.32. The van der Waals surface area contributed by atoms with Gasteiger partial charge in [-0.05, 0) is 42.5 Å². The van der Waals surface area contributed by atoms with Crippen molar-refractivity contribution in [2.75, 3.05) is 0 Å². The van der Waals surface area contributed by atoms with E-state index >= 15 is 0 Å². The fourth-order valence-corrected chi connectivity index (χ4v) is 2.71. The third kappa shape index (κ3) is 4.55. The molecule has 0 radical (unpaired) electrons. The molecular formula is C19H11Cl2F3N2O2. The number of carbonyl (C=O) groups is 1. The number of amides is 1. The first-order chi connectivity index (χ1) is 13.3. The lowest BCUT2D eigenvalue weighted by molar-refractivity contribution is -0.137. The van der Waals surface area contributed by atoms with Crippen molar-refractivity contribution in [2.24, 2.45) is 5.10 Å². The minimum absolute atomic E-state index is 0.169. The Morgan fingerprint density at radius 2 is 1.82 bits per heavy atom. The van der Waals surface area contributed by atoms with Crippen molar-refractivity contribution in [3.05, 3.63) is 81.5 Å². The van der Waals surface area contributed by atoms with Crippen LogP contribution in [-0.4, -0.2) is 12.1 Å². The summed E-state index contributed by atoms with van der Waals surface area (Å²) in [4.78, 5) is 12.0. The minimum Gasteiger partial charge on any atom is -0.455 e. The number of alkyl halides is 3. The van der Waals surface area contributed by atoms with Crippen LogP contribution in [0.5, 0.6) is 0 Å². The molecule has 0 spiro atoms. The van der Waals surface area contributed by atoms with Crippen LogP contribution < -0.4 is 5.43 Å². The Hall–Kier alpha value is -2.77. The Labute approximate surface area is 167 Å². The van der Waals surface area contributed by atoms with Gasteiger partial charge in [-0.1, -0.05) is 35.3 Å². The molecule has 1 N–H and O–H groups in total. The van der Waals surface area contributed by atoms with Gasteiger partial charge in [-0.25, -0.2) is 5.43 Å². The maximum absolute atomic E-state index is 12.7. The number of nitrogens with one attached hydrogen (secondary N) is 1. The summed E-state index contributed by atoms with van der Waals surface area (Å²) in [5.41, 5.74) is 1.65. The third-order valence-electron chi connectivity index (χ3n) is 3.65. The van der Waals surface area contributed by atoms with Gasteiger partial charge in [-0.15, -0.1) is 0 Å². The van der Waals surface area contributed by atoms with Crippen molar-refractivity contribution in [3.8, 4) is 11.3 Å². The smallest absolute Gasteiger partial charge is 0.416 e. The van der Waals surface area contributed by atoms with Crippen molar-refractivity contribution in [1.29, 1.82) is 0 Å². The van der Waals surface area contributed by atoms with Gasteiger partial charge in [-0.3, -0.25) is 4.79 Å². The Kier molecular flexibility index (Phi) is 5.76. The first-order valence-corrected chi connectivity index (χ1v) is 8.56. The molecule has 0 aliphatic rings. The van der Waals surface area contributed by atoms with Gasteiger partial charge in [0.2, 0.25) is 0 Å². The summed E-state index contributed by atoms with van der Waals surface area (Å²) >= 11 is 12.1. The van der Waals surface area contributed by atoms with E-state index in [1.165, 1.54) is 12.3 Å². The summed E-state index contributed by atoms with van der Waals surface area (Å²) in [7, 11) is 0. The highest BCUT2D eigenvalue weighted by Gasteiger charge is 2.30. The summed E-state index contributed by atoms with van der Waals surface area (Å²) in [5.74, 6) is -0.0412. The van der Waals surface area contributed by atoms with Crippen LogP contribution in [0.4, 0.5) is 13.2 Å². The summed E-state index contributed by atoms with van der Waals surface area (Å²) < 4.78 is 43.7. The van der Waals surface area contributed by atoms with Crippen molar-refractivity contribution in [3.63, 3.8) is 0 Å². The number of hydrazone groups is 1. The average molecular weight is 427 g/mol. The Balaban J connectivity index is 1.70. The normalized spacial score (nSPS) is 11.8. The van der Waals surface area contributed by atoms with Crippen molar-refractivity contribution in [2.45, 2.75) is 6.18 Å². The zero-order valence-electron chi connectivity index (χ0n) is 13.9. The highest BCUT2D eigenvalue weighted by Crippen LogP contribution is 2.34. The van der Waals surface area contributed by atoms with Crippen LogP contribution in [0.15, 0.2) is 64.1 Å². The van der Waals surface area contributed by atoms with Crippen LogP contribution in [0, 0.1) is 0 Å². The van der Waals surface area contributed by atoms with Crippen LogP contribution in [0.25, 0.3) is 11.3 Å². The first kappa shape index (κ1) is 20.0. The molecule has 1 amide bonds. The molecule has 0 unspecified atom stereocenters. The predicted molar refractivity (Wildman–Crippen MR) is 101 cm³/mol. The number of nitrogens with zero attached hydrogens (tertiary/aromatic N) is 1. The molecule has 0 fully saturated rings. The lowest BCUT2D eigenvalue weighted by atomic mass is 10.1. The second-order valence-corrected chi connectivity index (χ2v) is 6.37. The highest BCUT2D eigenvalue weighted by atomic mass is 35.5. The number of furan rings is 1. The maximum Gasteiger partial charge on any atom is 0.416 e. The van der Waals surface area contributed by atoms with Crippen molar-refractivity contribution < 1.29 is 22.4 Å². The van der Waals surface area contributed by atoms with Gasteiger partial charge in [-0.2, -0.15) is 18.3 Å². The van der Waals surface area contributed by atoms with E-state index in [9.17, 15) is 18.0 Å². The molecule has 9 heteroatoms. The Morgan fingerprint density at radius 3 is 2.57 bits per heavy atom. The Bertz CT molecular complexity index is 1050. The second-order valence-electron chi connectivity index (χ2n) is 5.58. The molecule has 1 aromatic heterocycles. The van der Waals surface area contributed by atoms with Crippen LogP contribution in [0.2, 0.25) is 10.0 Å². The van der Waals surface area contributed by atoms with E-state index in [0.717, 1.165) is 18.2 Å². The third-order valence-corrected chi connectivity index (χ3v) is 4.47. The molecule has 2 aromatic carbocycles. The topological polar surface area (TPSA) is 54.6 Å². The molecule has 144 valence electrons. The predicted octanol–water partition coefficient (Wildman–Crippen LogP) is 6.04. The minimum atomic E-state index is -4.54. The van der Waals surface area contributed by atoms with Crippen molar-refractivity contribution >= 4 is 35.3 Å². The zero-order valence-corrected chi connectivity index (χ0v) is 15.4. The summed E-state index contributed by atoms with van der Waals surface area (Å²) in [6, 6.07) is 12.4. The first-order valence-electron chi connectivity index (χ1n) is 7.80. The molecule has 0 bridgehead atoms. The summed E-state index contributed by atoms with van der Waals surface area (Å²) in [6.45, 7) is 0. The standard InChI is InChI=1S/C19H11Cl2F3N2O2/c20-15-6-2-5-14(17(15)21)16-8-7-13(28-16)10-25-26-18(27)11-3-1-4-12(9-11)19(22,23)24/h1-10H,(H,26,27)/b25-10+. The number of hydrogen-bond donors (Lipinski definition) is 1. The molecule has 0 aliphatic carbocycles. The molecule has 3 aromatic rings. The average Bonchev–Trinajstić information content (AvgIpc) is 3.12. The second kappa shape index (κ2) is 8.08. The Morgan fingerprint density at radius 1 is 1.07 bits per heavy atom. The molecule has 4 nitrogen and oxygen atoms in total. The summed E-state index contributed by atoms with van der Waals surface area (Å²) in [6.07, 6.45) is -3.32. The van der Waals surface area contributed by atoms with Gasteiger partial charge in [0.1, 0.15) is 11.5 Å². The molecular weight excluding hydrogens is 416 g/mol. The van der Waals surface area contributed by atoms with Gasteiger partial charge in [0, 0.05) is 11.1 Å². The van der Waals surface area contributed by atoms with Crippen molar-refractivity contribution in [1.82, 2.24) is 5.43 Å². The van der Waals surface area contributed by atoms with E-state index in [1.807, 2.05) is 0 Å². The van der Waals surface area contributed by atoms with E-state index in [2.05, 4.69) is 10.5 Å². The van der Waals surface area contributed by atoms with Gasteiger partial charge in [0.25, 0.3) is 5.91 Å². The van der Waals surface area contributed by atoms with E-state index < -0.39 is 17.6 Å². The molecule has 0 saturated carbocycles. The van der Waals surface area contributed by atoms with Crippen LogP contribution in [0.3, 0.4) is 0 Å². The largest absolute Gasteiger partial charge is 0.455 e. The number of hydrogen-bond acceptors (Lipinski definition) is 3. The van der Waals surface area contributed by atoms with Gasteiger partial charge >= 0.3 is 6.18 Å². The van der Waals surface area contributed by atoms with E-state index in [1.54, 1.807) is 30.3 Å². The lowest BCUT2D eigenvalue weighted by Gasteiger charge is -2.07. The number of halogens is 5. The van der Waals surface area contributed by atoms with Crippen LogP contribution in [0.1, 0.15) is 21.7 Å². The zero-order chi connectivity index (χ0) is 20.3. The summed E-state index contributed by atoms with van der Waals surface area (Å²) in [5, 5.41) is 4.41. The van der Waals surface area contributed by atoms with E-state index in [0.29, 0.717) is 27.1 Å². The number of benzene rings is 2. The highest BCUT2D eigenvalue weighted by molar-refractivity contribution is 6.43. The number of carbonyl (C=O) groups excluding carboxylic acids is 1. The maximum atomic E-state index is 12.7. The monoisotopic (exact) mass is 426 g/mol. The molecule has 0 atom stereocenters.